The average Bonchev–Trinajstić information content (AvgIpc) is 2.80. The van der Waals surface area contributed by atoms with E-state index in [9.17, 15) is 29.1 Å². The highest BCUT2D eigenvalue weighted by molar-refractivity contribution is 7.80. The highest BCUT2D eigenvalue weighted by Crippen LogP contribution is 2.04. The zero-order valence-corrected chi connectivity index (χ0v) is 21.2. The minimum absolute atomic E-state index is 0.00515. The predicted octanol–water partition coefficient (Wildman–Crippen LogP) is -5.23. The molecule has 0 saturated carbocycles. The number of amides is 4. The maximum atomic E-state index is 12.9. The zero-order valence-electron chi connectivity index (χ0n) is 20.3. The molecule has 0 aliphatic carbocycles. The van der Waals surface area contributed by atoms with E-state index in [1.807, 2.05) is 0 Å². The van der Waals surface area contributed by atoms with E-state index in [0.29, 0.717) is 6.42 Å². The van der Waals surface area contributed by atoms with Gasteiger partial charge in [0.1, 0.15) is 18.1 Å². The number of primary amides is 1. The molecule has 0 aromatic heterocycles. The largest absolute Gasteiger partial charge is 0.480 e. The number of carboxylic acids is 1. The molecule has 16 N–H and O–H groups in total. The summed E-state index contributed by atoms with van der Waals surface area (Å²) in [6.07, 6.45) is 0.170. The fraction of sp³-hybridized carbons (Fsp3) is 0.632. The molecule has 37 heavy (non-hydrogen) atoms. The Kier molecular flexibility index (Phi) is 15.8. The molecule has 0 aliphatic heterocycles. The molecule has 4 amide bonds. The number of carbonyl (C=O) groups excluding carboxylic acids is 4. The van der Waals surface area contributed by atoms with Crippen molar-refractivity contribution in [3.63, 3.8) is 0 Å². The van der Waals surface area contributed by atoms with E-state index in [0.717, 1.165) is 0 Å². The van der Waals surface area contributed by atoms with E-state index in [4.69, 9.17) is 34.4 Å². The molecule has 0 fully saturated rings. The summed E-state index contributed by atoms with van der Waals surface area (Å²) in [5.74, 6) is -5.24. The Bertz CT molecular complexity index is 861. The molecule has 0 saturated heterocycles. The van der Waals surface area contributed by atoms with E-state index in [2.05, 4.69) is 38.6 Å². The van der Waals surface area contributed by atoms with Crippen LogP contribution in [0.3, 0.4) is 0 Å². The summed E-state index contributed by atoms with van der Waals surface area (Å²) in [5, 5.41) is 16.2. The van der Waals surface area contributed by atoms with E-state index < -0.39 is 60.2 Å². The summed E-state index contributed by atoms with van der Waals surface area (Å²) in [4.78, 5) is 68.4. The minimum Gasteiger partial charge on any atom is -0.480 e. The fourth-order valence-corrected chi connectivity index (χ4v) is 3.09. The third-order valence-corrected chi connectivity index (χ3v) is 5.08. The van der Waals surface area contributed by atoms with Gasteiger partial charge >= 0.3 is 5.97 Å². The van der Waals surface area contributed by atoms with Crippen molar-refractivity contribution in [2.24, 2.45) is 44.4 Å². The molecule has 0 heterocycles. The third kappa shape index (κ3) is 15.0. The van der Waals surface area contributed by atoms with Gasteiger partial charge in [0.2, 0.25) is 23.6 Å². The van der Waals surface area contributed by atoms with Crippen molar-refractivity contribution in [3.05, 3.63) is 0 Å². The van der Waals surface area contributed by atoms with Crippen LogP contribution >= 0.6 is 12.6 Å². The molecule has 0 aromatic carbocycles. The molecule has 0 rings (SSSR count). The van der Waals surface area contributed by atoms with Crippen LogP contribution in [0.2, 0.25) is 0 Å². The van der Waals surface area contributed by atoms with Gasteiger partial charge in [-0.05, 0) is 25.7 Å². The Morgan fingerprint density at radius 2 is 1.19 bits per heavy atom. The Labute approximate surface area is 219 Å². The quantitative estimate of drug-likeness (QED) is 0.0333. The van der Waals surface area contributed by atoms with Gasteiger partial charge in [-0.1, -0.05) is 0 Å². The molecule has 17 nitrogen and oxygen atoms in total. The zero-order chi connectivity index (χ0) is 28.5. The van der Waals surface area contributed by atoms with Crippen LogP contribution in [0.1, 0.15) is 32.1 Å². The molecule has 18 heteroatoms. The third-order valence-electron chi connectivity index (χ3n) is 4.72. The summed E-state index contributed by atoms with van der Waals surface area (Å²) in [5.41, 5.74) is 32.0. The number of hydrogen-bond donors (Lipinski definition) is 11. The molecular weight excluding hydrogens is 510 g/mol. The molecule has 0 bridgehead atoms. The number of carbonyl (C=O) groups is 5. The number of thiol groups is 1. The first-order valence-electron chi connectivity index (χ1n) is 11.2. The van der Waals surface area contributed by atoms with E-state index >= 15 is 0 Å². The van der Waals surface area contributed by atoms with E-state index in [-0.39, 0.29) is 50.0 Å². The number of carboxylic acid groups (broad SMARTS) is 1. The van der Waals surface area contributed by atoms with Gasteiger partial charge in [0, 0.05) is 18.8 Å². The summed E-state index contributed by atoms with van der Waals surface area (Å²) < 4.78 is 0. The minimum atomic E-state index is -1.46. The lowest BCUT2D eigenvalue weighted by Crippen LogP contribution is -2.58. The van der Waals surface area contributed by atoms with Crippen molar-refractivity contribution >= 4 is 54.1 Å². The molecule has 0 aromatic rings. The highest BCUT2D eigenvalue weighted by atomic mass is 32.1. The van der Waals surface area contributed by atoms with Gasteiger partial charge in [0.05, 0.1) is 12.5 Å². The first kappa shape index (κ1) is 33.2. The van der Waals surface area contributed by atoms with Crippen molar-refractivity contribution in [1.82, 2.24) is 16.0 Å². The Morgan fingerprint density at radius 1 is 0.730 bits per heavy atom. The second-order valence-electron chi connectivity index (χ2n) is 7.88. The number of aliphatic carboxylic acids is 1. The standard InChI is InChI=1S/C19H37N11O6S/c20-9(3-1-5-26-18(22)23)14(32)29-11(7-13(21)31)16(34)28-10(4-2-6-27-19(24)25)15(33)30-12(8-37)17(35)36/h9-12,37H,1-8,20H2,(H2,21,31)(H,28,34)(H,29,32)(H,30,33)(H,35,36)(H4,22,23,26)(H4,24,25,27). The van der Waals surface area contributed by atoms with Crippen LogP contribution in [0.15, 0.2) is 9.98 Å². The van der Waals surface area contributed by atoms with Gasteiger partial charge < -0.3 is 55.5 Å². The summed E-state index contributed by atoms with van der Waals surface area (Å²) >= 11 is 3.88. The van der Waals surface area contributed by atoms with Crippen LogP contribution < -0.4 is 50.4 Å². The Morgan fingerprint density at radius 3 is 1.65 bits per heavy atom. The number of aliphatic imine (C=N–C) groups is 2. The van der Waals surface area contributed by atoms with Gasteiger partial charge in [-0.15, -0.1) is 0 Å². The van der Waals surface area contributed by atoms with Gasteiger partial charge in [0.15, 0.2) is 11.9 Å². The molecule has 4 atom stereocenters. The summed E-state index contributed by atoms with van der Waals surface area (Å²) in [7, 11) is 0. The van der Waals surface area contributed by atoms with Crippen molar-refractivity contribution in [3.8, 4) is 0 Å². The summed E-state index contributed by atoms with van der Waals surface area (Å²) in [6.45, 7) is 0.349. The second kappa shape index (κ2) is 17.6. The maximum absolute atomic E-state index is 12.9. The van der Waals surface area contributed by atoms with Crippen LogP contribution in [0.4, 0.5) is 0 Å². The fourth-order valence-electron chi connectivity index (χ4n) is 2.84. The monoisotopic (exact) mass is 547 g/mol. The lowest BCUT2D eigenvalue weighted by Gasteiger charge is -2.24. The van der Waals surface area contributed by atoms with Gasteiger partial charge in [-0.25, -0.2) is 4.79 Å². The number of guanidine groups is 2. The van der Waals surface area contributed by atoms with Gasteiger partial charge in [0.25, 0.3) is 0 Å². The average molecular weight is 548 g/mol. The topological polar surface area (TPSA) is 323 Å². The highest BCUT2D eigenvalue weighted by Gasteiger charge is 2.30. The van der Waals surface area contributed by atoms with Gasteiger partial charge in [-0.2, -0.15) is 12.6 Å². The van der Waals surface area contributed by atoms with Crippen LogP contribution in [0.5, 0.6) is 0 Å². The molecule has 0 spiro atoms. The number of hydrogen-bond acceptors (Lipinski definition) is 9. The van der Waals surface area contributed by atoms with E-state index in [1.54, 1.807) is 0 Å². The summed E-state index contributed by atoms with van der Waals surface area (Å²) in [6, 6.07) is -5.10. The van der Waals surface area contributed by atoms with Crippen molar-refractivity contribution in [1.29, 1.82) is 0 Å². The van der Waals surface area contributed by atoms with Crippen LogP contribution in [0, 0.1) is 0 Å². The molecule has 210 valence electrons. The normalized spacial score (nSPS) is 13.7. The van der Waals surface area contributed by atoms with E-state index in [1.165, 1.54) is 0 Å². The Balaban J connectivity index is 5.46. The van der Waals surface area contributed by atoms with Crippen molar-refractivity contribution in [2.45, 2.75) is 56.3 Å². The second-order valence-corrected chi connectivity index (χ2v) is 8.24. The smallest absolute Gasteiger partial charge is 0.327 e. The van der Waals surface area contributed by atoms with Crippen LogP contribution in [0.25, 0.3) is 0 Å². The molecular formula is C19H37N11O6S. The number of nitrogens with zero attached hydrogens (tertiary/aromatic N) is 2. The van der Waals surface area contributed by atoms with Crippen molar-refractivity contribution < 1.29 is 29.1 Å². The molecule has 0 radical (unpaired) electrons. The lowest BCUT2D eigenvalue weighted by atomic mass is 10.1. The Hall–Kier alpha value is -3.80. The van der Waals surface area contributed by atoms with Crippen LogP contribution in [-0.4, -0.2) is 89.6 Å². The number of nitrogens with one attached hydrogen (secondary N) is 3. The molecule has 0 aliphatic rings. The van der Waals surface area contributed by atoms with Crippen molar-refractivity contribution in [2.75, 3.05) is 18.8 Å². The predicted molar refractivity (Wildman–Crippen MR) is 139 cm³/mol. The van der Waals surface area contributed by atoms with Gasteiger partial charge in [-0.3, -0.25) is 29.2 Å². The maximum Gasteiger partial charge on any atom is 0.327 e. The first-order valence-corrected chi connectivity index (χ1v) is 11.8. The molecule has 4 unspecified atom stereocenters. The number of rotatable bonds is 18. The first-order chi connectivity index (χ1) is 17.3. The lowest BCUT2D eigenvalue weighted by molar-refractivity contribution is -0.141. The number of nitrogens with two attached hydrogens (primary N) is 6. The SMILES string of the molecule is NC(=O)CC(NC(=O)C(N)CCCN=C(N)N)C(=O)NC(CCCN=C(N)N)C(=O)NC(CS)C(=O)O. The van der Waals surface area contributed by atoms with Crippen LogP contribution in [-0.2, 0) is 24.0 Å².